The second-order valence-electron chi connectivity index (χ2n) is 11.5. The Morgan fingerprint density at radius 3 is 2.22 bits per heavy atom. The molecule has 1 unspecified atom stereocenters. The van der Waals surface area contributed by atoms with Crippen LogP contribution in [0.4, 0.5) is 18.9 Å². The molecule has 200 valence electrons. The summed E-state index contributed by atoms with van der Waals surface area (Å²) in [6.07, 6.45) is -0.747. The van der Waals surface area contributed by atoms with Crippen LogP contribution in [0, 0.1) is 11.3 Å². The van der Waals surface area contributed by atoms with E-state index in [1.54, 1.807) is 0 Å². The van der Waals surface area contributed by atoms with Gasteiger partial charge in [-0.2, -0.15) is 13.2 Å². The van der Waals surface area contributed by atoms with E-state index in [1.807, 2.05) is 39.0 Å². The minimum Gasteiger partial charge on any atom is -0.460 e. The topological polar surface area (TPSA) is 55.4 Å². The van der Waals surface area contributed by atoms with E-state index in [9.17, 15) is 22.8 Å². The molecular formula is C29H33ClF3NO3. The van der Waals surface area contributed by atoms with Gasteiger partial charge in [-0.05, 0) is 93.7 Å². The van der Waals surface area contributed by atoms with Gasteiger partial charge in [0.05, 0.1) is 17.3 Å². The van der Waals surface area contributed by atoms with Crippen LogP contribution in [0.3, 0.4) is 0 Å². The van der Waals surface area contributed by atoms with Crippen molar-refractivity contribution in [2.24, 2.45) is 11.3 Å². The number of alkyl halides is 3. The van der Waals surface area contributed by atoms with E-state index in [1.165, 1.54) is 24.3 Å². The third-order valence-corrected chi connectivity index (χ3v) is 7.40. The molecule has 2 aliphatic rings. The van der Waals surface area contributed by atoms with Gasteiger partial charge in [0.15, 0.2) is 0 Å². The fourth-order valence-corrected chi connectivity index (χ4v) is 4.82. The number of carbonyl (C=O) groups is 2. The van der Waals surface area contributed by atoms with Crippen molar-refractivity contribution in [1.82, 2.24) is 0 Å². The molecule has 0 saturated heterocycles. The second-order valence-corrected chi connectivity index (χ2v) is 11.9. The van der Waals surface area contributed by atoms with Crippen LogP contribution in [0.15, 0.2) is 42.5 Å². The van der Waals surface area contributed by atoms with Crippen LogP contribution in [-0.4, -0.2) is 23.7 Å². The Morgan fingerprint density at radius 1 is 1.08 bits per heavy atom. The number of halogens is 4. The number of esters is 1. The zero-order chi connectivity index (χ0) is 27.2. The lowest BCUT2D eigenvalue weighted by Crippen LogP contribution is -2.34. The lowest BCUT2D eigenvalue weighted by molar-refractivity contribution is -0.178. The largest absolute Gasteiger partial charge is 0.460 e. The van der Waals surface area contributed by atoms with Gasteiger partial charge >= 0.3 is 12.1 Å². The van der Waals surface area contributed by atoms with Crippen molar-refractivity contribution < 1.29 is 27.5 Å². The zero-order valence-corrected chi connectivity index (χ0v) is 22.3. The average molecular weight is 536 g/mol. The molecule has 2 fully saturated rings. The first-order valence-corrected chi connectivity index (χ1v) is 13.1. The molecule has 1 amide bonds. The van der Waals surface area contributed by atoms with Gasteiger partial charge < -0.3 is 10.1 Å². The maximum absolute atomic E-state index is 13.8. The van der Waals surface area contributed by atoms with Crippen LogP contribution in [0.1, 0.15) is 81.9 Å². The van der Waals surface area contributed by atoms with E-state index in [2.05, 4.69) is 5.32 Å². The van der Waals surface area contributed by atoms with Crippen molar-refractivity contribution in [3.05, 3.63) is 64.2 Å². The number of ether oxygens (including phenoxy) is 1. The summed E-state index contributed by atoms with van der Waals surface area (Å²) < 4.78 is 47.0. The van der Waals surface area contributed by atoms with Gasteiger partial charge in [-0.1, -0.05) is 42.8 Å². The lowest BCUT2D eigenvalue weighted by atomic mass is 9.85. The number of anilines is 1. The van der Waals surface area contributed by atoms with Crippen LogP contribution >= 0.6 is 11.6 Å². The summed E-state index contributed by atoms with van der Waals surface area (Å²) in [5, 5.41) is 3.20. The quantitative estimate of drug-likeness (QED) is 0.351. The molecule has 0 radical (unpaired) electrons. The average Bonchev–Trinajstić information content (AvgIpc) is 3.69. The number of carbonyl (C=O) groups excluding carboxylic acids is 2. The Bertz CT molecular complexity index is 1160. The Balaban J connectivity index is 1.61. The van der Waals surface area contributed by atoms with Gasteiger partial charge in [-0.3, -0.25) is 9.59 Å². The molecule has 2 atom stereocenters. The third-order valence-electron chi connectivity index (χ3n) is 7.15. The zero-order valence-electron chi connectivity index (χ0n) is 21.5. The van der Waals surface area contributed by atoms with Gasteiger partial charge in [0.2, 0.25) is 5.91 Å². The van der Waals surface area contributed by atoms with Crippen molar-refractivity contribution in [2.45, 2.75) is 83.4 Å². The monoisotopic (exact) mass is 535 g/mol. The van der Waals surface area contributed by atoms with Gasteiger partial charge in [0.1, 0.15) is 5.60 Å². The van der Waals surface area contributed by atoms with Crippen LogP contribution in [0.5, 0.6) is 0 Å². The first kappa shape index (κ1) is 27.5. The van der Waals surface area contributed by atoms with E-state index < -0.39 is 34.9 Å². The van der Waals surface area contributed by atoms with E-state index >= 15 is 0 Å². The highest BCUT2D eigenvalue weighted by molar-refractivity contribution is 6.30. The molecular weight excluding hydrogens is 503 g/mol. The first-order valence-electron chi connectivity index (χ1n) is 12.7. The maximum atomic E-state index is 13.8. The summed E-state index contributed by atoms with van der Waals surface area (Å²) in [5.74, 6) is -4.04. The highest BCUT2D eigenvalue weighted by Crippen LogP contribution is 2.51. The summed E-state index contributed by atoms with van der Waals surface area (Å²) in [4.78, 5) is 26.3. The number of amides is 1. The standard InChI is InChI=1S/C29H33ClF3NO3/c1-17(29(31,32)33)24(20-8-10-21(30)11-9-20)25(35)34-23-15-18(5-12-22(23)19-6-7-19)16-28(13-14-28)26(36)37-27(2,3)4/h5,8-12,15,17,19,24H,6-7,13-14,16H2,1-4H3,(H,34,35)/t17-,24?/m1/s1. The number of nitrogens with one attached hydrogen (secondary N) is 1. The van der Waals surface area contributed by atoms with Crippen LogP contribution in [0.2, 0.25) is 5.02 Å². The van der Waals surface area contributed by atoms with E-state index in [4.69, 9.17) is 16.3 Å². The summed E-state index contributed by atoms with van der Waals surface area (Å²) >= 11 is 5.93. The summed E-state index contributed by atoms with van der Waals surface area (Å²) in [6, 6.07) is 11.6. The van der Waals surface area contributed by atoms with E-state index in [0.29, 0.717) is 17.1 Å². The van der Waals surface area contributed by atoms with Crippen molar-refractivity contribution in [3.8, 4) is 0 Å². The Hall–Kier alpha value is -2.54. The minimum absolute atomic E-state index is 0.237. The van der Waals surface area contributed by atoms with Crippen molar-refractivity contribution in [2.75, 3.05) is 5.32 Å². The molecule has 4 rings (SSSR count). The van der Waals surface area contributed by atoms with E-state index in [0.717, 1.165) is 43.7 Å². The number of benzene rings is 2. The molecule has 0 heterocycles. The lowest BCUT2D eigenvalue weighted by Gasteiger charge is -2.27. The van der Waals surface area contributed by atoms with Crippen molar-refractivity contribution >= 4 is 29.2 Å². The molecule has 0 bridgehead atoms. The van der Waals surface area contributed by atoms with Gasteiger partial charge in [-0.25, -0.2) is 0 Å². The SMILES string of the molecule is C[C@H](C(C(=O)Nc1cc(CC2(C(=O)OC(C)(C)C)CC2)ccc1C1CC1)c1ccc(Cl)cc1)C(F)(F)F. The van der Waals surface area contributed by atoms with Gasteiger partial charge in [-0.15, -0.1) is 0 Å². The molecule has 1 N–H and O–H groups in total. The van der Waals surface area contributed by atoms with Gasteiger partial charge in [0.25, 0.3) is 0 Å². The highest BCUT2D eigenvalue weighted by atomic mass is 35.5. The Morgan fingerprint density at radius 2 is 1.70 bits per heavy atom. The fraction of sp³-hybridized carbons (Fsp3) is 0.517. The highest BCUT2D eigenvalue weighted by Gasteiger charge is 2.52. The predicted octanol–water partition coefficient (Wildman–Crippen LogP) is 7.80. The molecule has 8 heteroatoms. The first-order chi connectivity index (χ1) is 17.2. The Labute approximate surface area is 220 Å². The van der Waals surface area contributed by atoms with Gasteiger partial charge in [0, 0.05) is 10.7 Å². The predicted molar refractivity (Wildman–Crippen MR) is 138 cm³/mol. The molecule has 0 aromatic heterocycles. The second kappa shape index (κ2) is 9.97. The summed E-state index contributed by atoms with van der Waals surface area (Å²) in [6.45, 7) is 6.52. The number of hydrogen-bond acceptors (Lipinski definition) is 3. The Kier molecular flexibility index (Phi) is 7.41. The molecule has 2 aliphatic carbocycles. The van der Waals surface area contributed by atoms with Crippen LogP contribution in [0.25, 0.3) is 0 Å². The summed E-state index contributed by atoms with van der Waals surface area (Å²) in [7, 11) is 0. The molecule has 4 nitrogen and oxygen atoms in total. The normalized spacial score (nSPS) is 18.6. The molecule has 2 aromatic rings. The van der Waals surface area contributed by atoms with Crippen molar-refractivity contribution in [3.63, 3.8) is 0 Å². The molecule has 0 aliphatic heterocycles. The maximum Gasteiger partial charge on any atom is 0.392 e. The smallest absolute Gasteiger partial charge is 0.392 e. The minimum atomic E-state index is -4.56. The number of rotatable bonds is 8. The fourth-order valence-electron chi connectivity index (χ4n) is 4.69. The van der Waals surface area contributed by atoms with Crippen LogP contribution < -0.4 is 5.32 Å². The van der Waals surface area contributed by atoms with E-state index in [-0.39, 0.29) is 17.5 Å². The molecule has 2 saturated carbocycles. The van der Waals surface area contributed by atoms with Crippen LogP contribution in [-0.2, 0) is 20.7 Å². The summed E-state index contributed by atoms with van der Waals surface area (Å²) in [5.41, 5.74) is 1.33. The molecule has 37 heavy (non-hydrogen) atoms. The molecule has 0 spiro atoms. The van der Waals surface area contributed by atoms with Crippen molar-refractivity contribution in [1.29, 1.82) is 0 Å². The third kappa shape index (κ3) is 6.67. The molecule has 2 aromatic carbocycles. The number of hydrogen-bond donors (Lipinski definition) is 1.